The van der Waals surface area contributed by atoms with E-state index in [0.29, 0.717) is 51.9 Å². The molecule has 5 rings (SSSR count). The Morgan fingerprint density at radius 2 is 1.63 bits per heavy atom. The van der Waals surface area contributed by atoms with Crippen molar-refractivity contribution in [3.05, 3.63) is 59.9 Å². The maximum atomic E-state index is 13.4. The van der Waals surface area contributed by atoms with Crippen molar-refractivity contribution in [2.45, 2.75) is 62.7 Å². The van der Waals surface area contributed by atoms with E-state index in [1.807, 2.05) is 23.1 Å². The molecule has 3 aliphatic rings. The SMILES string of the molecule is O=C(C1CCN(S(=O)(=O)c2ccc(F)cc2)CC1)N1CCC2(CCCCCc3ccccc3OCCNC2=O)CC1. The molecule has 10 heteroatoms. The standard InChI is InChI=1S/C31H40FN3O5S/c32-26-9-11-27(12-10-26)41(38,39)35-19-13-25(14-20-35)29(36)34-21-16-31(17-22-34)15-5-1-2-6-24-7-3-4-8-28(24)40-23-18-33-30(31)37/h3-4,7-12,25H,1-2,5-6,13-23H2,(H,33,37). The number of benzene rings is 2. The molecule has 0 atom stereocenters. The second kappa shape index (κ2) is 12.9. The van der Waals surface area contributed by atoms with Gasteiger partial charge >= 0.3 is 0 Å². The van der Waals surface area contributed by atoms with Crippen LogP contribution in [0.15, 0.2) is 53.4 Å². The molecule has 3 aliphatic heterocycles. The second-order valence-electron chi connectivity index (χ2n) is 11.5. The van der Waals surface area contributed by atoms with Gasteiger partial charge in [-0.3, -0.25) is 9.59 Å². The molecule has 2 fully saturated rings. The van der Waals surface area contributed by atoms with Gasteiger partial charge in [0.2, 0.25) is 21.8 Å². The summed E-state index contributed by atoms with van der Waals surface area (Å²) in [6, 6.07) is 12.9. The number of carbonyl (C=O) groups is 2. The van der Waals surface area contributed by atoms with Crippen LogP contribution in [-0.2, 0) is 26.0 Å². The third kappa shape index (κ3) is 6.75. The minimum atomic E-state index is -3.72. The molecule has 0 bridgehead atoms. The summed E-state index contributed by atoms with van der Waals surface area (Å²) in [5, 5.41) is 3.10. The number of carbonyl (C=O) groups excluding carboxylic acids is 2. The van der Waals surface area contributed by atoms with Gasteiger partial charge in [0.15, 0.2) is 0 Å². The van der Waals surface area contributed by atoms with Gasteiger partial charge in [-0.25, -0.2) is 12.8 Å². The van der Waals surface area contributed by atoms with Crippen LogP contribution in [0.2, 0.25) is 0 Å². The van der Waals surface area contributed by atoms with Crippen LogP contribution in [0, 0.1) is 17.2 Å². The van der Waals surface area contributed by atoms with Gasteiger partial charge in [-0.15, -0.1) is 0 Å². The summed E-state index contributed by atoms with van der Waals surface area (Å²) in [4.78, 5) is 28.8. The average Bonchev–Trinajstić information content (AvgIpc) is 3.00. The van der Waals surface area contributed by atoms with Gasteiger partial charge in [0.25, 0.3) is 0 Å². The van der Waals surface area contributed by atoms with Gasteiger partial charge < -0.3 is 15.0 Å². The van der Waals surface area contributed by atoms with Crippen LogP contribution in [0.1, 0.15) is 56.9 Å². The normalized spacial score (nSPS) is 21.5. The number of hydrogen-bond donors (Lipinski definition) is 1. The Morgan fingerprint density at radius 1 is 0.927 bits per heavy atom. The van der Waals surface area contributed by atoms with Gasteiger partial charge in [0, 0.05) is 32.1 Å². The van der Waals surface area contributed by atoms with Gasteiger partial charge in [-0.05, 0) is 80.8 Å². The molecule has 2 aromatic rings. The second-order valence-corrected chi connectivity index (χ2v) is 13.4. The zero-order chi connectivity index (χ0) is 28.9. The van der Waals surface area contributed by atoms with Crippen LogP contribution in [-0.4, -0.2) is 68.8 Å². The zero-order valence-electron chi connectivity index (χ0n) is 23.5. The van der Waals surface area contributed by atoms with Crippen LogP contribution < -0.4 is 10.1 Å². The maximum absolute atomic E-state index is 13.4. The smallest absolute Gasteiger partial charge is 0.243 e. The van der Waals surface area contributed by atoms with E-state index >= 15 is 0 Å². The Labute approximate surface area is 242 Å². The Hall–Kier alpha value is -2.98. The number of aryl methyl sites for hydroxylation is 1. The number of likely N-dealkylation sites (tertiary alicyclic amines) is 1. The molecule has 0 radical (unpaired) electrons. The van der Waals surface area contributed by atoms with E-state index in [-0.39, 0.29) is 35.7 Å². The molecule has 2 saturated heterocycles. The number of nitrogens with zero attached hydrogens (tertiary/aromatic N) is 2. The summed E-state index contributed by atoms with van der Waals surface area (Å²) in [7, 11) is -3.72. The first-order valence-electron chi connectivity index (χ1n) is 14.8. The predicted octanol–water partition coefficient (Wildman–Crippen LogP) is 4.15. The largest absolute Gasteiger partial charge is 0.491 e. The lowest BCUT2D eigenvalue weighted by Crippen LogP contribution is -2.52. The quantitative estimate of drug-likeness (QED) is 0.584. The van der Waals surface area contributed by atoms with Crippen LogP contribution in [0.3, 0.4) is 0 Å². The fourth-order valence-corrected chi connectivity index (χ4v) is 7.89. The highest BCUT2D eigenvalue weighted by Crippen LogP contribution is 2.38. The Balaban J connectivity index is 1.15. The Kier molecular flexibility index (Phi) is 9.28. The van der Waals surface area contributed by atoms with Gasteiger partial charge in [-0.2, -0.15) is 4.31 Å². The zero-order valence-corrected chi connectivity index (χ0v) is 24.3. The molecule has 0 unspecified atom stereocenters. The summed E-state index contributed by atoms with van der Waals surface area (Å²) in [5.41, 5.74) is 0.725. The number of amides is 2. The minimum Gasteiger partial charge on any atom is -0.491 e. The Morgan fingerprint density at radius 3 is 2.37 bits per heavy atom. The van der Waals surface area contributed by atoms with Crippen LogP contribution >= 0.6 is 0 Å². The molecular weight excluding hydrogens is 545 g/mol. The highest BCUT2D eigenvalue weighted by molar-refractivity contribution is 7.89. The van der Waals surface area contributed by atoms with E-state index in [1.165, 1.54) is 22.0 Å². The first-order valence-corrected chi connectivity index (χ1v) is 16.3. The fraction of sp³-hybridized carbons (Fsp3) is 0.548. The number of nitrogens with one attached hydrogen (secondary N) is 1. The molecular formula is C31H40FN3O5S. The van der Waals surface area contributed by atoms with E-state index < -0.39 is 21.3 Å². The van der Waals surface area contributed by atoms with Gasteiger partial charge in [0.05, 0.1) is 16.9 Å². The van der Waals surface area contributed by atoms with Crippen LogP contribution in [0.4, 0.5) is 4.39 Å². The van der Waals surface area contributed by atoms with Crippen LogP contribution in [0.25, 0.3) is 0 Å². The summed E-state index contributed by atoms with van der Waals surface area (Å²) in [6.45, 7) is 2.42. The third-order valence-electron chi connectivity index (χ3n) is 8.99. The molecule has 41 heavy (non-hydrogen) atoms. The highest BCUT2D eigenvalue weighted by atomic mass is 32.2. The molecule has 1 spiro atoms. The molecule has 0 aliphatic carbocycles. The van der Waals surface area contributed by atoms with Crippen molar-refractivity contribution in [2.24, 2.45) is 11.3 Å². The number of hydrogen-bond acceptors (Lipinski definition) is 5. The summed E-state index contributed by atoms with van der Waals surface area (Å²) in [5.74, 6) is 0.272. The van der Waals surface area contributed by atoms with E-state index in [1.54, 1.807) is 0 Å². The van der Waals surface area contributed by atoms with Crippen molar-refractivity contribution in [3.8, 4) is 5.75 Å². The molecule has 0 saturated carbocycles. The number of sulfonamides is 1. The topological polar surface area (TPSA) is 96.0 Å². The molecule has 2 amide bonds. The van der Waals surface area contributed by atoms with Crippen molar-refractivity contribution >= 4 is 21.8 Å². The van der Waals surface area contributed by atoms with E-state index in [4.69, 9.17) is 4.74 Å². The lowest BCUT2D eigenvalue weighted by atomic mass is 9.73. The number of halogens is 1. The summed E-state index contributed by atoms with van der Waals surface area (Å²) in [6.07, 6.45) is 6.95. The fourth-order valence-electron chi connectivity index (χ4n) is 6.42. The molecule has 222 valence electrons. The van der Waals surface area contributed by atoms with E-state index in [9.17, 15) is 22.4 Å². The van der Waals surface area contributed by atoms with Crippen molar-refractivity contribution in [1.29, 1.82) is 0 Å². The van der Waals surface area contributed by atoms with Crippen molar-refractivity contribution in [1.82, 2.24) is 14.5 Å². The Bertz CT molecular complexity index is 1320. The predicted molar refractivity (Wildman–Crippen MR) is 153 cm³/mol. The maximum Gasteiger partial charge on any atom is 0.243 e. The number of fused-ring (bicyclic) bond motifs is 1. The lowest BCUT2D eigenvalue weighted by Gasteiger charge is -2.42. The van der Waals surface area contributed by atoms with Gasteiger partial charge in [-0.1, -0.05) is 31.0 Å². The first kappa shape index (κ1) is 29.5. The van der Waals surface area contributed by atoms with Crippen molar-refractivity contribution in [2.75, 3.05) is 39.3 Å². The number of piperidine rings is 2. The monoisotopic (exact) mass is 585 g/mol. The van der Waals surface area contributed by atoms with E-state index in [2.05, 4.69) is 11.4 Å². The molecule has 3 heterocycles. The average molecular weight is 586 g/mol. The molecule has 0 aromatic heterocycles. The third-order valence-corrected chi connectivity index (χ3v) is 10.9. The number of rotatable bonds is 3. The van der Waals surface area contributed by atoms with Crippen LogP contribution in [0.5, 0.6) is 5.75 Å². The summed E-state index contributed by atoms with van der Waals surface area (Å²) < 4.78 is 46.5. The lowest BCUT2D eigenvalue weighted by molar-refractivity contribution is -0.144. The van der Waals surface area contributed by atoms with Crippen molar-refractivity contribution in [3.63, 3.8) is 0 Å². The van der Waals surface area contributed by atoms with E-state index in [0.717, 1.165) is 50.0 Å². The summed E-state index contributed by atoms with van der Waals surface area (Å²) >= 11 is 0. The molecule has 8 nitrogen and oxygen atoms in total. The van der Waals surface area contributed by atoms with Crippen molar-refractivity contribution < 1.29 is 27.1 Å². The molecule has 2 aromatic carbocycles. The number of para-hydroxylation sites is 1. The first-order chi connectivity index (χ1) is 19.8. The minimum absolute atomic E-state index is 0.0508. The molecule has 1 N–H and O–H groups in total. The number of ether oxygens (including phenoxy) is 1. The van der Waals surface area contributed by atoms with Gasteiger partial charge in [0.1, 0.15) is 18.2 Å². The highest BCUT2D eigenvalue weighted by Gasteiger charge is 2.43.